The number of hydrogen-bond donors (Lipinski definition) is 1. The molecular formula is C21H21ClN4O3. The van der Waals surface area contributed by atoms with Crippen molar-refractivity contribution < 1.29 is 14.1 Å². The van der Waals surface area contributed by atoms with Gasteiger partial charge in [-0.3, -0.25) is 0 Å². The summed E-state index contributed by atoms with van der Waals surface area (Å²) in [5.41, 5.74) is 1.49. The van der Waals surface area contributed by atoms with Crippen molar-refractivity contribution >= 4 is 23.3 Å². The Bertz CT molecular complexity index is 1010. The van der Waals surface area contributed by atoms with Gasteiger partial charge in [0.25, 0.3) is 0 Å². The van der Waals surface area contributed by atoms with Crippen LogP contribution in [0.1, 0.15) is 24.7 Å². The molecule has 1 aliphatic rings. The number of nitrogens with one attached hydrogen (secondary N) is 1. The number of nitrogens with zero attached hydrogens (tertiary/aromatic N) is 3. The molecule has 0 aliphatic carbocycles. The number of anilines is 1. The molecule has 0 unspecified atom stereocenters. The van der Waals surface area contributed by atoms with E-state index in [1.165, 1.54) is 0 Å². The van der Waals surface area contributed by atoms with Crippen molar-refractivity contribution in [1.29, 1.82) is 0 Å². The van der Waals surface area contributed by atoms with Crippen LogP contribution in [0.25, 0.3) is 11.4 Å². The minimum absolute atomic E-state index is 0.000666. The average molecular weight is 413 g/mol. The van der Waals surface area contributed by atoms with Crippen molar-refractivity contribution in [2.75, 3.05) is 25.5 Å². The van der Waals surface area contributed by atoms with E-state index >= 15 is 0 Å². The summed E-state index contributed by atoms with van der Waals surface area (Å²) in [7, 11) is 1.62. The summed E-state index contributed by atoms with van der Waals surface area (Å²) in [6, 6.07) is 14.4. The van der Waals surface area contributed by atoms with Gasteiger partial charge in [-0.2, -0.15) is 4.98 Å². The summed E-state index contributed by atoms with van der Waals surface area (Å²) >= 11 is 5.99. The Balaban J connectivity index is 1.44. The molecule has 1 aliphatic heterocycles. The Morgan fingerprint density at radius 3 is 2.97 bits per heavy atom. The van der Waals surface area contributed by atoms with Crippen LogP contribution in [0, 0.1) is 0 Å². The lowest BCUT2D eigenvalue weighted by atomic mass is 9.98. The summed E-state index contributed by atoms with van der Waals surface area (Å²) in [6.45, 7) is 1.20. The second-order valence-corrected chi connectivity index (χ2v) is 7.35. The zero-order chi connectivity index (χ0) is 20.2. The van der Waals surface area contributed by atoms with Crippen molar-refractivity contribution in [2.45, 2.75) is 18.8 Å². The number of aromatic nitrogens is 2. The minimum atomic E-state index is -0.162. The molecule has 3 aromatic rings. The van der Waals surface area contributed by atoms with E-state index in [2.05, 4.69) is 15.5 Å². The monoisotopic (exact) mass is 412 g/mol. The summed E-state index contributed by atoms with van der Waals surface area (Å²) in [5.74, 6) is 1.79. The number of benzene rings is 2. The molecule has 2 heterocycles. The number of rotatable bonds is 4. The lowest BCUT2D eigenvalue weighted by Crippen LogP contribution is -2.41. The second kappa shape index (κ2) is 8.53. The van der Waals surface area contributed by atoms with Gasteiger partial charge in [0, 0.05) is 29.4 Å². The van der Waals surface area contributed by atoms with Gasteiger partial charge < -0.3 is 19.5 Å². The molecule has 1 atom stereocenters. The third kappa shape index (κ3) is 4.51. The molecule has 29 heavy (non-hydrogen) atoms. The molecule has 1 aromatic heterocycles. The highest BCUT2D eigenvalue weighted by Gasteiger charge is 2.29. The molecule has 2 aromatic carbocycles. The number of amides is 2. The summed E-state index contributed by atoms with van der Waals surface area (Å²) in [4.78, 5) is 19.0. The Morgan fingerprint density at radius 1 is 1.28 bits per heavy atom. The number of likely N-dealkylation sites (tertiary alicyclic amines) is 1. The van der Waals surface area contributed by atoms with E-state index in [4.69, 9.17) is 20.9 Å². The molecular weight excluding hydrogens is 392 g/mol. The molecule has 1 N–H and O–H groups in total. The fourth-order valence-corrected chi connectivity index (χ4v) is 3.60. The Hall–Kier alpha value is -3.06. The Morgan fingerprint density at radius 2 is 2.14 bits per heavy atom. The standard InChI is InChI=1S/C21H21ClN4O3/c1-28-18-9-2-5-14(11-18)19-24-20(29-25-19)15-6-4-10-26(13-15)21(27)23-17-8-3-7-16(22)12-17/h2-3,5,7-9,11-12,15H,4,6,10,13H2,1H3,(H,23,27)/t15-/m1/s1. The maximum absolute atomic E-state index is 12.6. The predicted molar refractivity (Wildman–Crippen MR) is 110 cm³/mol. The van der Waals surface area contributed by atoms with Crippen molar-refractivity contribution in [2.24, 2.45) is 0 Å². The molecule has 8 heteroatoms. The number of halogens is 1. The largest absolute Gasteiger partial charge is 0.497 e. The molecule has 7 nitrogen and oxygen atoms in total. The van der Waals surface area contributed by atoms with Crippen LogP contribution in [-0.2, 0) is 0 Å². The predicted octanol–water partition coefficient (Wildman–Crippen LogP) is 4.81. The number of carbonyl (C=O) groups is 1. The Labute approximate surface area is 173 Å². The number of hydrogen-bond acceptors (Lipinski definition) is 5. The second-order valence-electron chi connectivity index (χ2n) is 6.91. The zero-order valence-electron chi connectivity index (χ0n) is 16.0. The van der Waals surface area contributed by atoms with Crippen LogP contribution in [0.5, 0.6) is 5.75 Å². The lowest BCUT2D eigenvalue weighted by molar-refractivity contribution is 0.184. The van der Waals surface area contributed by atoms with Crippen molar-refractivity contribution in [3.63, 3.8) is 0 Å². The van der Waals surface area contributed by atoms with Crippen LogP contribution in [0.2, 0.25) is 5.02 Å². The maximum Gasteiger partial charge on any atom is 0.321 e. The van der Waals surface area contributed by atoms with E-state index in [0.29, 0.717) is 35.5 Å². The van der Waals surface area contributed by atoms with Crippen LogP contribution in [0.4, 0.5) is 10.5 Å². The minimum Gasteiger partial charge on any atom is -0.497 e. The van der Waals surface area contributed by atoms with Crippen LogP contribution in [0.3, 0.4) is 0 Å². The molecule has 2 amide bonds. The first-order valence-electron chi connectivity index (χ1n) is 9.42. The third-order valence-electron chi connectivity index (χ3n) is 4.90. The maximum atomic E-state index is 12.6. The van der Waals surface area contributed by atoms with Gasteiger partial charge in [0.1, 0.15) is 5.75 Å². The first-order chi connectivity index (χ1) is 14.1. The van der Waals surface area contributed by atoms with Crippen LogP contribution >= 0.6 is 11.6 Å². The quantitative estimate of drug-likeness (QED) is 0.665. The van der Waals surface area contributed by atoms with E-state index in [1.807, 2.05) is 30.3 Å². The zero-order valence-corrected chi connectivity index (χ0v) is 16.7. The van der Waals surface area contributed by atoms with Crippen molar-refractivity contribution in [3.05, 3.63) is 59.4 Å². The van der Waals surface area contributed by atoms with Crippen LogP contribution < -0.4 is 10.1 Å². The van der Waals surface area contributed by atoms with E-state index in [-0.39, 0.29) is 11.9 Å². The Kier molecular flexibility index (Phi) is 5.67. The van der Waals surface area contributed by atoms with Gasteiger partial charge in [0.15, 0.2) is 0 Å². The van der Waals surface area contributed by atoms with Gasteiger partial charge in [-0.25, -0.2) is 4.79 Å². The highest BCUT2D eigenvalue weighted by molar-refractivity contribution is 6.30. The SMILES string of the molecule is COc1cccc(-c2noc([C@@H]3CCCN(C(=O)Nc4cccc(Cl)c4)C3)n2)c1. The van der Waals surface area contributed by atoms with Gasteiger partial charge in [-0.1, -0.05) is 35.0 Å². The third-order valence-corrected chi connectivity index (χ3v) is 5.14. The molecule has 4 rings (SSSR count). The highest BCUT2D eigenvalue weighted by atomic mass is 35.5. The molecule has 0 spiro atoms. The first kappa shape index (κ1) is 19.3. The van der Waals surface area contributed by atoms with E-state index in [1.54, 1.807) is 30.2 Å². The number of urea groups is 1. The van der Waals surface area contributed by atoms with Crippen molar-refractivity contribution in [3.8, 4) is 17.1 Å². The van der Waals surface area contributed by atoms with Gasteiger partial charge in [0.2, 0.25) is 11.7 Å². The number of carbonyl (C=O) groups excluding carboxylic acids is 1. The van der Waals surface area contributed by atoms with Gasteiger partial charge in [0.05, 0.1) is 13.0 Å². The van der Waals surface area contributed by atoms with Crippen LogP contribution in [-0.4, -0.2) is 41.3 Å². The van der Waals surface area contributed by atoms with Gasteiger partial charge in [-0.15, -0.1) is 0 Å². The smallest absolute Gasteiger partial charge is 0.321 e. The number of ether oxygens (including phenoxy) is 1. The topological polar surface area (TPSA) is 80.5 Å². The average Bonchev–Trinajstić information content (AvgIpc) is 3.24. The molecule has 150 valence electrons. The van der Waals surface area contributed by atoms with Crippen molar-refractivity contribution in [1.82, 2.24) is 15.0 Å². The first-order valence-corrected chi connectivity index (χ1v) is 9.79. The summed E-state index contributed by atoms with van der Waals surface area (Å²) in [6.07, 6.45) is 1.76. The molecule has 0 radical (unpaired) electrons. The number of piperidine rings is 1. The van der Waals surface area contributed by atoms with Gasteiger partial charge in [-0.05, 0) is 43.2 Å². The fourth-order valence-electron chi connectivity index (χ4n) is 3.41. The highest BCUT2D eigenvalue weighted by Crippen LogP contribution is 2.29. The molecule has 1 saturated heterocycles. The van der Waals surface area contributed by atoms with E-state index in [0.717, 1.165) is 24.2 Å². The van der Waals surface area contributed by atoms with E-state index < -0.39 is 0 Å². The fraction of sp³-hybridized carbons (Fsp3) is 0.286. The molecule has 0 bridgehead atoms. The van der Waals surface area contributed by atoms with Crippen LogP contribution in [0.15, 0.2) is 53.1 Å². The number of methoxy groups -OCH3 is 1. The van der Waals surface area contributed by atoms with Gasteiger partial charge >= 0.3 is 6.03 Å². The summed E-state index contributed by atoms with van der Waals surface area (Å²) < 4.78 is 10.8. The summed E-state index contributed by atoms with van der Waals surface area (Å²) in [5, 5.41) is 7.58. The normalized spacial score (nSPS) is 16.5. The van der Waals surface area contributed by atoms with E-state index in [9.17, 15) is 4.79 Å². The molecule has 0 saturated carbocycles. The lowest BCUT2D eigenvalue weighted by Gasteiger charge is -2.31. The molecule has 1 fully saturated rings.